The lowest BCUT2D eigenvalue weighted by Gasteiger charge is -2.12. The van der Waals surface area contributed by atoms with Gasteiger partial charge in [-0.3, -0.25) is 14.6 Å². The van der Waals surface area contributed by atoms with Gasteiger partial charge < -0.3 is 15.4 Å². The van der Waals surface area contributed by atoms with Crippen molar-refractivity contribution >= 4 is 17.5 Å². The fourth-order valence-electron chi connectivity index (χ4n) is 2.44. The first kappa shape index (κ1) is 19.0. The number of hydrogen-bond acceptors (Lipinski definition) is 4. The molecule has 0 spiro atoms. The number of halogens is 1. The highest BCUT2D eigenvalue weighted by Gasteiger charge is 2.13. The summed E-state index contributed by atoms with van der Waals surface area (Å²) < 4.78 is 18.2. The molecule has 6 nitrogen and oxygen atoms in total. The number of benzene rings is 2. The summed E-state index contributed by atoms with van der Waals surface area (Å²) in [5, 5.41) is 5.46. The Morgan fingerprint density at radius 2 is 1.79 bits per heavy atom. The molecule has 0 aliphatic heterocycles. The zero-order valence-corrected chi connectivity index (χ0v) is 14.9. The summed E-state index contributed by atoms with van der Waals surface area (Å²) in [6.07, 6.45) is 3.32. The summed E-state index contributed by atoms with van der Waals surface area (Å²) in [6, 6.07) is 15.7. The molecule has 0 unspecified atom stereocenters. The van der Waals surface area contributed by atoms with Crippen molar-refractivity contribution in [1.29, 1.82) is 0 Å². The molecule has 0 aliphatic rings. The van der Waals surface area contributed by atoms with Crippen molar-refractivity contribution in [3.05, 3.63) is 90.0 Å². The Labute approximate surface area is 161 Å². The molecule has 142 valence electrons. The summed E-state index contributed by atoms with van der Waals surface area (Å²) in [5.74, 6) is -0.766. The van der Waals surface area contributed by atoms with Crippen LogP contribution in [0.3, 0.4) is 0 Å². The molecule has 1 heterocycles. The molecule has 0 saturated heterocycles. The number of hydrogen-bond donors (Lipinski definition) is 2. The minimum Gasteiger partial charge on any atom is -0.484 e. The van der Waals surface area contributed by atoms with Gasteiger partial charge in [-0.1, -0.05) is 18.2 Å². The fraction of sp³-hybridized carbons (Fsp3) is 0.0952. The van der Waals surface area contributed by atoms with Crippen LogP contribution in [0.4, 0.5) is 10.1 Å². The van der Waals surface area contributed by atoms with Gasteiger partial charge in [-0.25, -0.2) is 4.39 Å². The molecule has 0 saturated carbocycles. The van der Waals surface area contributed by atoms with E-state index in [1.54, 1.807) is 42.7 Å². The molecule has 0 radical (unpaired) electrons. The van der Waals surface area contributed by atoms with E-state index < -0.39 is 5.91 Å². The van der Waals surface area contributed by atoms with Gasteiger partial charge in [0.2, 0.25) is 0 Å². The third-order valence-electron chi connectivity index (χ3n) is 3.81. The molecule has 2 N–H and O–H groups in total. The molecule has 0 aliphatic carbocycles. The standard InChI is InChI=1S/C21H18FN3O3/c22-16-7-9-17(10-8-16)28-14-20(26)25-19-6-2-1-5-18(19)21(27)24-13-15-4-3-11-23-12-15/h1-12H,13-14H2,(H,24,27)(H,25,26). The average molecular weight is 379 g/mol. The van der Waals surface area contributed by atoms with Gasteiger partial charge in [0.25, 0.3) is 11.8 Å². The molecule has 0 bridgehead atoms. The third kappa shape index (κ3) is 5.38. The van der Waals surface area contributed by atoms with Crippen molar-refractivity contribution in [1.82, 2.24) is 10.3 Å². The molecule has 28 heavy (non-hydrogen) atoms. The second-order valence-corrected chi connectivity index (χ2v) is 5.88. The highest BCUT2D eigenvalue weighted by molar-refractivity contribution is 6.04. The Morgan fingerprint density at radius 3 is 2.54 bits per heavy atom. The summed E-state index contributed by atoms with van der Waals surface area (Å²) in [4.78, 5) is 28.6. The van der Waals surface area contributed by atoms with Crippen LogP contribution < -0.4 is 15.4 Å². The maximum atomic E-state index is 12.9. The number of carbonyl (C=O) groups excluding carboxylic acids is 2. The number of amides is 2. The topological polar surface area (TPSA) is 80.3 Å². The molecular formula is C21H18FN3O3. The van der Waals surface area contributed by atoms with Crippen molar-refractivity contribution in [2.75, 3.05) is 11.9 Å². The Balaban J connectivity index is 1.58. The number of rotatable bonds is 7. The van der Waals surface area contributed by atoms with Gasteiger partial charge in [-0.05, 0) is 48.0 Å². The van der Waals surface area contributed by atoms with Crippen LogP contribution in [0.15, 0.2) is 73.1 Å². The van der Waals surface area contributed by atoms with Crippen molar-refractivity contribution in [2.24, 2.45) is 0 Å². The van der Waals surface area contributed by atoms with Gasteiger partial charge in [0.05, 0.1) is 11.3 Å². The highest BCUT2D eigenvalue weighted by Crippen LogP contribution is 2.16. The summed E-state index contributed by atoms with van der Waals surface area (Å²) in [5.41, 5.74) is 1.57. The van der Waals surface area contributed by atoms with E-state index in [1.165, 1.54) is 24.3 Å². The minimum absolute atomic E-state index is 0.267. The molecule has 7 heteroatoms. The van der Waals surface area contributed by atoms with E-state index >= 15 is 0 Å². The van der Waals surface area contributed by atoms with Crippen LogP contribution in [0.25, 0.3) is 0 Å². The predicted molar refractivity (Wildman–Crippen MR) is 102 cm³/mol. The second kappa shape index (κ2) is 9.27. The summed E-state index contributed by atoms with van der Waals surface area (Å²) >= 11 is 0. The summed E-state index contributed by atoms with van der Waals surface area (Å²) in [6.45, 7) is 0.0555. The van der Waals surface area contributed by atoms with Gasteiger partial charge in [0, 0.05) is 18.9 Å². The average Bonchev–Trinajstić information content (AvgIpc) is 2.73. The Morgan fingerprint density at radius 1 is 1.00 bits per heavy atom. The van der Waals surface area contributed by atoms with E-state index in [1.807, 2.05) is 6.07 Å². The molecule has 0 atom stereocenters. The first-order valence-corrected chi connectivity index (χ1v) is 8.56. The van der Waals surface area contributed by atoms with Crippen molar-refractivity contribution < 1.29 is 18.7 Å². The molecular weight excluding hydrogens is 361 g/mol. The minimum atomic E-state index is -0.433. The zero-order valence-electron chi connectivity index (χ0n) is 14.9. The van der Waals surface area contributed by atoms with Crippen LogP contribution in [-0.4, -0.2) is 23.4 Å². The van der Waals surface area contributed by atoms with Gasteiger partial charge in [0.1, 0.15) is 11.6 Å². The van der Waals surface area contributed by atoms with Crippen LogP contribution in [0.1, 0.15) is 15.9 Å². The number of anilines is 1. The van der Waals surface area contributed by atoms with Crippen LogP contribution in [-0.2, 0) is 11.3 Å². The van der Waals surface area contributed by atoms with Crippen molar-refractivity contribution in [2.45, 2.75) is 6.54 Å². The number of nitrogens with zero attached hydrogens (tertiary/aromatic N) is 1. The molecule has 1 aromatic heterocycles. The van der Waals surface area contributed by atoms with Crippen molar-refractivity contribution in [3.63, 3.8) is 0 Å². The van der Waals surface area contributed by atoms with Crippen LogP contribution in [0, 0.1) is 5.82 Å². The number of ether oxygens (including phenoxy) is 1. The molecule has 2 amide bonds. The van der Waals surface area contributed by atoms with Crippen LogP contribution >= 0.6 is 0 Å². The maximum Gasteiger partial charge on any atom is 0.262 e. The Hall–Kier alpha value is -3.74. The number of nitrogens with one attached hydrogen (secondary N) is 2. The molecule has 2 aromatic carbocycles. The van der Waals surface area contributed by atoms with Gasteiger partial charge in [-0.2, -0.15) is 0 Å². The van der Waals surface area contributed by atoms with E-state index in [0.29, 0.717) is 23.5 Å². The molecule has 0 fully saturated rings. The fourth-order valence-corrected chi connectivity index (χ4v) is 2.44. The number of para-hydroxylation sites is 1. The molecule has 3 aromatic rings. The van der Waals surface area contributed by atoms with E-state index in [-0.39, 0.29) is 18.3 Å². The first-order valence-electron chi connectivity index (χ1n) is 8.56. The van der Waals surface area contributed by atoms with E-state index in [4.69, 9.17) is 4.74 Å². The van der Waals surface area contributed by atoms with Crippen molar-refractivity contribution in [3.8, 4) is 5.75 Å². The third-order valence-corrected chi connectivity index (χ3v) is 3.81. The lowest BCUT2D eigenvalue weighted by Crippen LogP contribution is -2.26. The number of aromatic nitrogens is 1. The maximum absolute atomic E-state index is 12.9. The quantitative estimate of drug-likeness (QED) is 0.661. The van der Waals surface area contributed by atoms with Crippen LogP contribution in [0.5, 0.6) is 5.75 Å². The van der Waals surface area contributed by atoms with Crippen LogP contribution in [0.2, 0.25) is 0 Å². The highest BCUT2D eigenvalue weighted by atomic mass is 19.1. The monoisotopic (exact) mass is 379 g/mol. The predicted octanol–water partition coefficient (Wildman–Crippen LogP) is 3.17. The smallest absolute Gasteiger partial charge is 0.262 e. The van der Waals surface area contributed by atoms with Gasteiger partial charge >= 0.3 is 0 Å². The van der Waals surface area contributed by atoms with E-state index in [0.717, 1.165) is 5.56 Å². The zero-order chi connectivity index (χ0) is 19.8. The largest absolute Gasteiger partial charge is 0.484 e. The van der Waals surface area contributed by atoms with E-state index in [9.17, 15) is 14.0 Å². The number of carbonyl (C=O) groups is 2. The Kier molecular flexibility index (Phi) is 6.30. The second-order valence-electron chi connectivity index (χ2n) is 5.88. The normalized spacial score (nSPS) is 10.2. The summed E-state index contributed by atoms with van der Waals surface area (Å²) in [7, 11) is 0. The van der Waals surface area contributed by atoms with Gasteiger partial charge in [0.15, 0.2) is 6.61 Å². The lowest BCUT2D eigenvalue weighted by atomic mass is 10.1. The first-order chi connectivity index (χ1) is 13.6. The number of pyridine rings is 1. The lowest BCUT2D eigenvalue weighted by molar-refractivity contribution is -0.118. The SMILES string of the molecule is O=C(COc1ccc(F)cc1)Nc1ccccc1C(=O)NCc1cccnc1. The molecule has 3 rings (SSSR count). The van der Waals surface area contributed by atoms with E-state index in [2.05, 4.69) is 15.6 Å². The van der Waals surface area contributed by atoms with Gasteiger partial charge in [-0.15, -0.1) is 0 Å². The Bertz CT molecular complexity index is 947.